The summed E-state index contributed by atoms with van der Waals surface area (Å²) in [6.07, 6.45) is 1.89. The van der Waals surface area contributed by atoms with Gasteiger partial charge in [-0.25, -0.2) is 4.79 Å². The third-order valence-corrected chi connectivity index (χ3v) is 7.22. The number of anilines is 1. The number of methoxy groups -OCH3 is 1. The third-order valence-electron chi connectivity index (χ3n) is 5.60. The number of para-hydroxylation sites is 1. The Hall–Kier alpha value is -1.70. The van der Waals surface area contributed by atoms with Crippen LogP contribution in [0.2, 0.25) is 0 Å². The van der Waals surface area contributed by atoms with E-state index in [0.717, 1.165) is 64.6 Å². The molecule has 5 nitrogen and oxygen atoms in total. The fraction of sp³-hybridized carbons (Fsp3) is 0.409. The molecule has 0 spiro atoms. The Labute approximate surface area is 184 Å². The number of nitrogens with zero attached hydrogens (tertiary/aromatic N) is 1. The number of hydrogen-bond donors (Lipinski definition) is 1. The maximum Gasteiger partial charge on any atom is 0.411 e. The summed E-state index contributed by atoms with van der Waals surface area (Å²) < 4.78 is 12.3. The number of fused-ring (bicyclic) bond motifs is 3. The van der Waals surface area contributed by atoms with E-state index in [4.69, 9.17) is 9.47 Å². The van der Waals surface area contributed by atoms with Crippen LogP contribution in [0.3, 0.4) is 0 Å². The van der Waals surface area contributed by atoms with Crippen LogP contribution in [0.25, 0.3) is 0 Å². The van der Waals surface area contributed by atoms with Gasteiger partial charge in [-0.3, -0.25) is 10.2 Å². The number of thioether (sulfide) groups is 1. The first-order valence-corrected chi connectivity index (χ1v) is 11.6. The maximum atomic E-state index is 12.5. The number of piperidine rings is 3. The molecule has 3 aliphatic heterocycles. The topological polar surface area (TPSA) is 50.8 Å². The van der Waals surface area contributed by atoms with E-state index in [2.05, 4.69) is 32.2 Å². The smallest absolute Gasteiger partial charge is 0.411 e. The van der Waals surface area contributed by atoms with Crippen LogP contribution in [-0.2, 0) is 10.5 Å². The molecule has 0 saturated carbocycles. The van der Waals surface area contributed by atoms with Crippen LogP contribution in [0.5, 0.6) is 5.75 Å². The number of carbonyl (C=O) groups excluding carboxylic acids is 1. The van der Waals surface area contributed by atoms with Gasteiger partial charge in [0.15, 0.2) is 0 Å². The Morgan fingerprint density at radius 2 is 2.03 bits per heavy atom. The zero-order valence-electron chi connectivity index (χ0n) is 16.4. The zero-order chi connectivity index (χ0) is 20.2. The number of nitrogens with one attached hydrogen (secondary N) is 1. The predicted octanol–water partition coefficient (Wildman–Crippen LogP) is 5.39. The van der Waals surface area contributed by atoms with Gasteiger partial charge in [0.05, 0.1) is 12.8 Å². The lowest BCUT2D eigenvalue weighted by atomic mass is 9.86. The average Bonchev–Trinajstić information content (AvgIpc) is 2.74. The molecule has 0 aliphatic carbocycles. The van der Waals surface area contributed by atoms with Crippen molar-refractivity contribution in [1.82, 2.24) is 4.90 Å². The van der Waals surface area contributed by atoms with E-state index in [1.54, 1.807) is 18.9 Å². The first kappa shape index (κ1) is 20.6. The molecule has 1 unspecified atom stereocenters. The minimum atomic E-state index is -0.364. The molecular formula is C22H25BrN2O3S. The van der Waals surface area contributed by atoms with Crippen LogP contribution >= 0.6 is 27.7 Å². The molecule has 1 N–H and O–H groups in total. The summed E-state index contributed by atoms with van der Waals surface area (Å²) in [5.74, 6) is 2.09. The number of amides is 1. The van der Waals surface area contributed by atoms with E-state index in [-0.39, 0.29) is 12.2 Å². The standard InChI is InChI=1S/C22H25BrN2O3S/c1-27-19-7-6-17(23)12-16(19)14-29-21-5-3-2-4-18(21)24-22(26)28-20-13-25-10-8-15(20)9-11-25/h2-7,12,15,20H,8-11,13-14H2,1H3,(H,24,26). The predicted molar refractivity (Wildman–Crippen MR) is 120 cm³/mol. The van der Waals surface area contributed by atoms with Gasteiger partial charge in [0.1, 0.15) is 11.9 Å². The molecule has 154 valence electrons. The van der Waals surface area contributed by atoms with Crippen molar-refractivity contribution in [2.75, 3.05) is 32.1 Å². The second-order valence-electron chi connectivity index (χ2n) is 7.45. The van der Waals surface area contributed by atoms with Crippen LogP contribution < -0.4 is 10.1 Å². The van der Waals surface area contributed by atoms with E-state index in [0.29, 0.717) is 5.92 Å². The van der Waals surface area contributed by atoms with Gasteiger partial charge in [-0.15, -0.1) is 11.8 Å². The lowest BCUT2D eigenvalue weighted by Gasteiger charge is -2.43. The van der Waals surface area contributed by atoms with Crippen molar-refractivity contribution in [1.29, 1.82) is 0 Å². The van der Waals surface area contributed by atoms with E-state index in [9.17, 15) is 4.79 Å². The monoisotopic (exact) mass is 476 g/mol. The Bertz CT molecular complexity index is 871. The molecule has 3 fully saturated rings. The minimum Gasteiger partial charge on any atom is -0.496 e. The highest BCUT2D eigenvalue weighted by molar-refractivity contribution is 9.10. The number of benzene rings is 2. The summed E-state index contributed by atoms with van der Waals surface area (Å²) in [7, 11) is 1.68. The number of rotatable bonds is 6. The molecule has 2 aromatic rings. The summed E-state index contributed by atoms with van der Waals surface area (Å²) in [5, 5.41) is 2.95. The van der Waals surface area contributed by atoms with Crippen molar-refractivity contribution in [3.8, 4) is 5.75 Å². The van der Waals surface area contributed by atoms with E-state index >= 15 is 0 Å². The van der Waals surface area contributed by atoms with Crippen molar-refractivity contribution in [2.45, 2.75) is 29.6 Å². The molecule has 2 aromatic carbocycles. The van der Waals surface area contributed by atoms with Crippen molar-refractivity contribution in [3.05, 3.63) is 52.5 Å². The van der Waals surface area contributed by atoms with Gasteiger partial charge >= 0.3 is 6.09 Å². The molecule has 0 aromatic heterocycles. The highest BCUT2D eigenvalue weighted by Crippen LogP contribution is 2.34. The third kappa shape index (κ3) is 5.08. The number of halogens is 1. The molecule has 5 rings (SSSR count). The number of hydrogen-bond acceptors (Lipinski definition) is 5. The van der Waals surface area contributed by atoms with Gasteiger partial charge in [-0.2, -0.15) is 0 Å². The SMILES string of the molecule is COc1ccc(Br)cc1CSc1ccccc1NC(=O)OC1CN2CCC1CC2. The van der Waals surface area contributed by atoms with Crippen LogP contribution in [0, 0.1) is 5.92 Å². The first-order chi connectivity index (χ1) is 14.1. The molecule has 2 bridgehead atoms. The number of ether oxygens (including phenoxy) is 2. The minimum absolute atomic E-state index is 0.00301. The van der Waals surface area contributed by atoms with Crippen LogP contribution in [0.15, 0.2) is 51.8 Å². The van der Waals surface area contributed by atoms with Crippen molar-refractivity contribution in [3.63, 3.8) is 0 Å². The number of carbonyl (C=O) groups is 1. The molecule has 1 atom stereocenters. The van der Waals surface area contributed by atoms with Gasteiger partial charge in [0.25, 0.3) is 0 Å². The Morgan fingerprint density at radius 3 is 2.76 bits per heavy atom. The largest absolute Gasteiger partial charge is 0.496 e. The van der Waals surface area contributed by atoms with E-state index < -0.39 is 0 Å². The van der Waals surface area contributed by atoms with Gasteiger partial charge in [0, 0.05) is 27.2 Å². The average molecular weight is 477 g/mol. The quantitative estimate of drug-likeness (QED) is 0.566. The fourth-order valence-electron chi connectivity index (χ4n) is 4.03. The summed E-state index contributed by atoms with van der Waals surface area (Å²) in [6, 6.07) is 13.8. The second kappa shape index (κ2) is 9.41. The summed E-state index contributed by atoms with van der Waals surface area (Å²) in [5.41, 5.74) is 1.87. The van der Waals surface area contributed by atoms with E-state index in [1.165, 1.54) is 0 Å². The summed E-state index contributed by atoms with van der Waals surface area (Å²) in [6.45, 7) is 3.12. The van der Waals surface area contributed by atoms with Crippen LogP contribution in [-0.4, -0.2) is 43.8 Å². The molecular weight excluding hydrogens is 452 g/mol. The second-order valence-corrected chi connectivity index (χ2v) is 9.38. The molecule has 3 aliphatic rings. The molecule has 7 heteroatoms. The molecule has 29 heavy (non-hydrogen) atoms. The van der Waals surface area contributed by atoms with E-state index in [1.807, 2.05) is 36.4 Å². The Morgan fingerprint density at radius 1 is 1.24 bits per heavy atom. The summed E-state index contributed by atoms with van der Waals surface area (Å²) in [4.78, 5) is 15.9. The molecule has 1 amide bonds. The zero-order valence-corrected chi connectivity index (χ0v) is 18.8. The highest BCUT2D eigenvalue weighted by atomic mass is 79.9. The highest BCUT2D eigenvalue weighted by Gasteiger charge is 2.36. The fourth-order valence-corrected chi connectivity index (χ4v) is 5.43. The Balaban J connectivity index is 1.39. The normalized spacial score (nSPS) is 22.9. The lowest BCUT2D eigenvalue weighted by molar-refractivity contribution is -0.0289. The van der Waals surface area contributed by atoms with Gasteiger partial charge in [-0.05, 0) is 62.2 Å². The molecule has 3 heterocycles. The van der Waals surface area contributed by atoms with Crippen molar-refractivity contribution < 1.29 is 14.3 Å². The molecule has 3 saturated heterocycles. The first-order valence-electron chi connectivity index (χ1n) is 9.86. The van der Waals surface area contributed by atoms with Crippen molar-refractivity contribution in [2.24, 2.45) is 5.92 Å². The van der Waals surface area contributed by atoms with Crippen LogP contribution in [0.1, 0.15) is 18.4 Å². The van der Waals surface area contributed by atoms with Gasteiger partial charge in [0.2, 0.25) is 0 Å². The molecule has 0 radical (unpaired) electrons. The van der Waals surface area contributed by atoms with Crippen LogP contribution in [0.4, 0.5) is 10.5 Å². The van der Waals surface area contributed by atoms with Gasteiger partial charge in [-0.1, -0.05) is 28.1 Å². The lowest BCUT2D eigenvalue weighted by Crippen LogP contribution is -2.52. The van der Waals surface area contributed by atoms with Crippen molar-refractivity contribution >= 4 is 39.5 Å². The maximum absolute atomic E-state index is 12.5. The summed E-state index contributed by atoms with van der Waals surface area (Å²) >= 11 is 5.18. The Kier molecular flexibility index (Phi) is 6.67. The van der Waals surface area contributed by atoms with Gasteiger partial charge < -0.3 is 9.47 Å².